The average Bonchev–Trinajstić information content (AvgIpc) is 2.52. The number of carboxylic acid groups (broad SMARTS) is 1. The van der Waals surface area contributed by atoms with Gasteiger partial charge in [-0.1, -0.05) is 0 Å². The Morgan fingerprint density at radius 2 is 1.83 bits per heavy atom. The van der Waals surface area contributed by atoms with Crippen molar-refractivity contribution in [1.29, 1.82) is 0 Å². The number of carbonyl (C=O) groups excluding carboxylic acids is 1. The summed E-state index contributed by atoms with van der Waals surface area (Å²) in [5.41, 5.74) is -0.735. The fourth-order valence-electron chi connectivity index (χ4n) is 2.64. The molecule has 23 heavy (non-hydrogen) atoms. The fraction of sp³-hybridized carbons (Fsp3) is 0.500. The topological polar surface area (TPSA) is 72.8 Å². The zero-order chi connectivity index (χ0) is 17.0. The van der Waals surface area contributed by atoms with E-state index in [4.69, 9.17) is 14.6 Å². The van der Waals surface area contributed by atoms with E-state index in [0.29, 0.717) is 32.3 Å². The van der Waals surface area contributed by atoms with Gasteiger partial charge in [-0.15, -0.1) is 0 Å². The predicted octanol–water partition coefficient (Wildman–Crippen LogP) is 3.16. The number of rotatable bonds is 5. The molecule has 0 radical (unpaired) electrons. The second-order valence-electron chi connectivity index (χ2n) is 5.39. The lowest BCUT2D eigenvalue weighted by Crippen LogP contribution is -2.29. The number of esters is 1. The van der Waals surface area contributed by atoms with E-state index in [2.05, 4.69) is 0 Å². The van der Waals surface area contributed by atoms with Gasteiger partial charge in [-0.2, -0.15) is 4.39 Å². The second-order valence-corrected chi connectivity index (χ2v) is 5.39. The number of hydrogen-bond acceptors (Lipinski definition) is 4. The van der Waals surface area contributed by atoms with Crippen LogP contribution in [0.25, 0.3) is 0 Å². The van der Waals surface area contributed by atoms with Crippen molar-refractivity contribution < 1.29 is 33.0 Å². The maximum absolute atomic E-state index is 13.8. The van der Waals surface area contributed by atoms with Gasteiger partial charge >= 0.3 is 11.9 Å². The zero-order valence-electron chi connectivity index (χ0n) is 12.7. The Morgan fingerprint density at radius 3 is 2.39 bits per heavy atom. The van der Waals surface area contributed by atoms with Gasteiger partial charge < -0.3 is 14.6 Å². The summed E-state index contributed by atoms with van der Waals surface area (Å²) in [5.74, 6) is -5.03. The van der Waals surface area contributed by atoms with Gasteiger partial charge in [0.25, 0.3) is 0 Å². The van der Waals surface area contributed by atoms with Gasteiger partial charge in [0.15, 0.2) is 11.6 Å². The molecule has 1 aliphatic carbocycles. The van der Waals surface area contributed by atoms with Gasteiger partial charge in [0.2, 0.25) is 5.82 Å². The van der Waals surface area contributed by atoms with Crippen LogP contribution in [0.1, 0.15) is 43.0 Å². The fourth-order valence-corrected chi connectivity index (χ4v) is 2.64. The van der Waals surface area contributed by atoms with E-state index in [9.17, 15) is 18.4 Å². The minimum absolute atomic E-state index is 0.189. The van der Waals surface area contributed by atoms with Gasteiger partial charge in [0.05, 0.1) is 24.2 Å². The lowest BCUT2D eigenvalue weighted by molar-refractivity contribution is -0.149. The molecule has 0 aromatic heterocycles. The minimum atomic E-state index is -1.54. The van der Waals surface area contributed by atoms with E-state index in [1.807, 2.05) is 0 Å². The molecule has 1 aromatic carbocycles. The normalized spacial score (nSPS) is 20.8. The Kier molecular flexibility index (Phi) is 5.52. The molecule has 0 heterocycles. The maximum Gasteiger partial charge on any atom is 0.338 e. The molecule has 1 saturated carbocycles. The molecule has 1 N–H and O–H groups in total. The van der Waals surface area contributed by atoms with Gasteiger partial charge in [-0.25, -0.2) is 9.18 Å². The number of benzene rings is 1. The number of halogens is 2. The third kappa shape index (κ3) is 3.97. The Bertz CT molecular complexity index is 594. The Hall–Kier alpha value is -2.18. The van der Waals surface area contributed by atoms with Gasteiger partial charge in [0, 0.05) is 0 Å². The molecule has 126 valence electrons. The van der Waals surface area contributed by atoms with Crippen molar-refractivity contribution in [3.05, 3.63) is 29.3 Å². The van der Waals surface area contributed by atoms with Crippen molar-refractivity contribution >= 4 is 11.9 Å². The van der Waals surface area contributed by atoms with Crippen molar-refractivity contribution in [2.75, 3.05) is 6.61 Å². The molecular formula is C16H18F2O5. The third-order valence-corrected chi connectivity index (χ3v) is 3.87. The van der Waals surface area contributed by atoms with E-state index in [1.165, 1.54) is 0 Å². The van der Waals surface area contributed by atoms with Crippen LogP contribution in [0, 0.1) is 17.6 Å². The SMILES string of the molecule is CCOC(=O)[C@H]1CC[C@@H](Oc2ccc(C(=O)O)c(F)c2F)CC1. The molecule has 1 fully saturated rings. The van der Waals surface area contributed by atoms with E-state index < -0.39 is 23.2 Å². The number of aromatic carboxylic acids is 1. The maximum atomic E-state index is 13.8. The Morgan fingerprint density at radius 1 is 1.17 bits per heavy atom. The van der Waals surface area contributed by atoms with Crippen molar-refractivity contribution in [2.24, 2.45) is 5.92 Å². The molecule has 7 heteroatoms. The largest absolute Gasteiger partial charge is 0.487 e. The van der Waals surface area contributed by atoms with Crippen LogP contribution in [0.2, 0.25) is 0 Å². The zero-order valence-corrected chi connectivity index (χ0v) is 12.7. The van der Waals surface area contributed by atoms with Crippen LogP contribution in [-0.4, -0.2) is 29.8 Å². The van der Waals surface area contributed by atoms with Crippen LogP contribution in [0.4, 0.5) is 8.78 Å². The van der Waals surface area contributed by atoms with E-state index in [-0.39, 0.29) is 23.7 Å². The highest BCUT2D eigenvalue weighted by atomic mass is 19.2. The molecule has 0 unspecified atom stereocenters. The first-order valence-corrected chi connectivity index (χ1v) is 7.48. The van der Waals surface area contributed by atoms with Crippen LogP contribution in [0.15, 0.2) is 12.1 Å². The lowest BCUT2D eigenvalue weighted by Gasteiger charge is -2.27. The van der Waals surface area contributed by atoms with Crippen LogP contribution in [-0.2, 0) is 9.53 Å². The monoisotopic (exact) mass is 328 g/mol. The highest BCUT2D eigenvalue weighted by molar-refractivity contribution is 5.88. The third-order valence-electron chi connectivity index (χ3n) is 3.87. The average molecular weight is 328 g/mol. The summed E-state index contributed by atoms with van der Waals surface area (Å²) in [5, 5.41) is 8.74. The summed E-state index contributed by atoms with van der Waals surface area (Å²) in [6.07, 6.45) is 1.81. The second kappa shape index (κ2) is 7.39. The van der Waals surface area contributed by atoms with Crippen LogP contribution >= 0.6 is 0 Å². The number of carbonyl (C=O) groups is 2. The summed E-state index contributed by atoms with van der Waals surface area (Å²) in [4.78, 5) is 22.4. The Balaban J connectivity index is 1.98. The highest BCUT2D eigenvalue weighted by Crippen LogP contribution is 2.30. The number of carboxylic acids is 1. The quantitative estimate of drug-likeness (QED) is 0.841. The Labute approximate surface area is 132 Å². The van der Waals surface area contributed by atoms with Crippen LogP contribution in [0.3, 0.4) is 0 Å². The van der Waals surface area contributed by atoms with Gasteiger partial charge in [-0.05, 0) is 44.7 Å². The summed E-state index contributed by atoms with van der Waals surface area (Å²) in [6.45, 7) is 2.07. The molecule has 1 aromatic rings. The molecule has 0 aliphatic heterocycles. The molecule has 1 aliphatic rings. The van der Waals surface area contributed by atoms with Crippen molar-refractivity contribution in [1.82, 2.24) is 0 Å². The predicted molar refractivity (Wildman–Crippen MR) is 76.3 cm³/mol. The first-order chi connectivity index (χ1) is 10.9. The van der Waals surface area contributed by atoms with E-state index >= 15 is 0 Å². The summed E-state index contributed by atoms with van der Waals surface area (Å²) < 4.78 is 37.9. The summed E-state index contributed by atoms with van der Waals surface area (Å²) >= 11 is 0. The number of ether oxygens (including phenoxy) is 2. The van der Waals surface area contributed by atoms with Gasteiger partial charge in [0.1, 0.15) is 0 Å². The van der Waals surface area contributed by atoms with Crippen LogP contribution < -0.4 is 4.74 Å². The van der Waals surface area contributed by atoms with E-state index in [1.54, 1.807) is 6.92 Å². The number of hydrogen-bond donors (Lipinski definition) is 1. The molecular weight excluding hydrogens is 310 g/mol. The first kappa shape index (κ1) is 17.2. The first-order valence-electron chi connectivity index (χ1n) is 7.48. The van der Waals surface area contributed by atoms with Gasteiger partial charge in [-0.3, -0.25) is 4.79 Å². The molecule has 2 rings (SSSR count). The van der Waals surface area contributed by atoms with Crippen molar-refractivity contribution in [3.63, 3.8) is 0 Å². The highest BCUT2D eigenvalue weighted by Gasteiger charge is 2.29. The molecule has 0 spiro atoms. The molecule has 0 amide bonds. The molecule has 5 nitrogen and oxygen atoms in total. The minimum Gasteiger partial charge on any atom is -0.487 e. The van der Waals surface area contributed by atoms with Crippen molar-refractivity contribution in [2.45, 2.75) is 38.7 Å². The van der Waals surface area contributed by atoms with Crippen LogP contribution in [0.5, 0.6) is 5.75 Å². The molecule has 0 saturated heterocycles. The molecule has 0 bridgehead atoms. The summed E-state index contributed by atoms with van der Waals surface area (Å²) in [6, 6.07) is 2.08. The summed E-state index contributed by atoms with van der Waals surface area (Å²) in [7, 11) is 0. The molecule has 0 atom stereocenters. The van der Waals surface area contributed by atoms with Crippen molar-refractivity contribution in [3.8, 4) is 5.75 Å². The lowest BCUT2D eigenvalue weighted by atomic mass is 9.87. The smallest absolute Gasteiger partial charge is 0.338 e. The standard InChI is InChI=1S/C16H18F2O5/c1-2-22-16(21)9-3-5-10(6-4-9)23-12-8-7-11(15(19)20)13(17)14(12)18/h7-10H,2-6H2,1H3,(H,19,20)/t9-,10+. The van der Waals surface area contributed by atoms with E-state index in [0.717, 1.165) is 12.1 Å².